The van der Waals surface area contributed by atoms with Gasteiger partial charge < -0.3 is 10.6 Å². The van der Waals surface area contributed by atoms with Crippen molar-refractivity contribution >= 4 is 29.3 Å². The molecule has 3 N–H and O–H groups in total. The Morgan fingerprint density at radius 3 is 2.50 bits per heavy atom. The van der Waals surface area contributed by atoms with Crippen molar-refractivity contribution in [2.24, 2.45) is 0 Å². The maximum atomic E-state index is 13.9. The Morgan fingerprint density at radius 2 is 1.71 bits per heavy atom. The zero-order chi connectivity index (χ0) is 23.9. The predicted molar refractivity (Wildman–Crippen MR) is 130 cm³/mol. The van der Waals surface area contributed by atoms with Crippen molar-refractivity contribution in [1.82, 2.24) is 20.5 Å². The van der Waals surface area contributed by atoms with Gasteiger partial charge in [-0.2, -0.15) is 0 Å². The van der Waals surface area contributed by atoms with Crippen molar-refractivity contribution in [3.05, 3.63) is 95.8 Å². The van der Waals surface area contributed by atoms with E-state index in [9.17, 15) is 14.0 Å². The predicted octanol–water partition coefficient (Wildman–Crippen LogP) is 4.83. The molecule has 0 spiro atoms. The van der Waals surface area contributed by atoms with Gasteiger partial charge >= 0.3 is 0 Å². The van der Waals surface area contributed by atoms with Gasteiger partial charge in [0.1, 0.15) is 5.82 Å². The Hall–Kier alpha value is -3.98. The van der Waals surface area contributed by atoms with Gasteiger partial charge in [-0.25, -0.2) is 9.37 Å². The molecule has 34 heavy (non-hydrogen) atoms. The van der Waals surface area contributed by atoms with E-state index >= 15 is 0 Å². The van der Waals surface area contributed by atoms with Gasteiger partial charge in [0.2, 0.25) is 11.1 Å². The van der Waals surface area contributed by atoms with Crippen LogP contribution in [0.1, 0.15) is 28.9 Å². The fourth-order valence-electron chi connectivity index (χ4n) is 3.29. The van der Waals surface area contributed by atoms with Crippen LogP contribution in [0, 0.1) is 5.82 Å². The summed E-state index contributed by atoms with van der Waals surface area (Å²) < 4.78 is 13.9. The van der Waals surface area contributed by atoms with Crippen LogP contribution < -0.4 is 10.6 Å². The van der Waals surface area contributed by atoms with Gasteiger partial charge in [-0.15, -0.1) is 5.10 Å². The van der Waals surface area contributed by atoms with E-state index in [1.165, 1.54) is 6.07 Å². The summed E-state index contributed by atoms with van der Waals surface area (Å²) in [7, 11) is 0. The van der Waals surface area contributed by atoms with Gasteiger partial charge in [0.05, 0.1) is 28.6 Å². The first-order valence-electron chi connectivity index (χ1n) is 10.6. The highest BCUT2D eigenvalue weighted by Gasteiger charge is 2.17. The minimum atomic E-state index is -0.413. The number of thioether (sulfide) groups is 1. The number of hydrogen-bond acceptors (Lipinski definition) is 5. The molecule has 2 amide bonds. The average Bonchev–Trinajstić information content (AvgIpc) is 3.32. The van der Waals surface area contributed by atoms with E-state index < -0.39 is 5.82 Å². The highest BCUT2D eigenvalue weighted by Crippen LogP contribution is 2.22. The van der Waals surface area contributed by atoms with E-state index in [1.807, 2.05) is 37.3 Å². The summed E-state index contributed by atoms with van der Waals surface area (Å²) in [5.74, 6) is -0.715. The number of carbonyl (C=O) groups excluding carboxylic acids is 2. The van der Waals surface area contributed by atoms with Crippen LogP contribution in [-0.2, 0) is 4.79 Å². The maximum Gasteiger partial charge on any atom is 0.253 e. The number of amides is 2. The van der Waals surface area contributed by atoms with Gasteiger partial charge in [-0.3, -0.25) is 14.7 Å². The first-order valence-corrected chi connectivity index (χ1v) is 11.5. The maximum absolute atomic E-state index is 13.9. The molecule has 0 aliphatic heterocycles. The second-order valence-corrected chi connectivity index (χ2v) is 8.38. The van der Waals surface area contributed by atoms with E-state index in [0.29, 0.717) is 22.0 Å². The quantitative estimate of drug-likeness (QED) is 0.317. The molecule has 172 valence electrons. The van der Waals surface area contributed by atoms with Crippen molar-refractivity contribution in [2.45, 2.75) is 18.1 Å². The molecule has 7 nitrogen and oxygen atoms in total. The number of anilines is 1. The lowest BCUT2D eigenvalue weighted by Gasteiger charge is -2.16. The lowest BCUT2D eigenvalue weighted by atomic mass is 10.1. The number of H-pyrrole nitrogens is 1. The third kappa shape index (κ3) is 5.68. The number of halogens is 1. The molecule has 0 saturated heterocycles. The van der Waals surface area contributed by atoms with Crippen LogP contribution in [0.3, 0.4) is 0 Å². The molecule has 9 heteroatoms. The van der Waals surface area contributed by atoms with Gasteiger partial charge in [-0.05, 0) is 36.8 Å². The Bertz CT molecular complexity index is 1300. The van der Waals surface area contributed by atoms with E-state index in [-0.39, 0.29) is 29.4 Å². The SMILES string of the molecule is C[C@H](NC(=O)c1ccccc1NC(=O)CSc1n[nH]c(-c2ccccc2F)n1)c1ccccc1. The van der Waals surface area contributed by atoms with E-state index in [1.54, 1.807) is 42.5 Å². The van der Waals surface area contributed by atoms with Crippen LogP contribution in [0.25, 0.3) is 11.4 Å². The fraction of sp³-hybridized carbons (Fsp3) is 0.120. The Labute approximate surface area is 200 Å². The smallest absolute Gasteiger partial charge is 0.253 e. The molecule has 1 aromatic heterocycles. The summed E-state index contributed by atoms with van der Waals surface area (Å²) in [5.41, 5.74) is 2.06. The summed E-state index contributed by atoms with van der Waals surface area (Å²) in [5, 5.41) is 12.8. The Kier molecular flexibility index (Phi) is 7.34. The molecule has 0 saturated carbocycles. The van der Waals surface area contributed by atoms with Crippen LogP contribution in [-0.4, -0.2) is 32.7 Å². The van der Waals surface area contributed by atoms with Gasteiger partial charge in [0, 0.05) is 0 Å². The Morgan fingerprint density at radius 1 is 1.00 bits per heavy atom. The largest absolute Gasteiger partial charge is 0.345 e. The highest BCUT2D eigenvalue weighted by atomic mass is 32.2. The van der Waals surface area contributed by atoms with Crippen LogP contribution in [0.15, 0.2) is 84.0 Å². The average molecular weight is 476 g/mol. The van der Waals surface area contributed by atoms with E-state index in [4.69, 9.17) is 0 Å². The minimum Gasteiger partial charge on any atom is -0.345 e. The zero-order valence-corrected chi connectivity index (χ0v) is 19.1. The van der Waals surface area contributed by atoms with Gasteiger partial charge in [-0.1, -0.05) is 66.4 Å². The van der Waals surface area contributed by atoms with Crippen LogP contribution in [0.4, 0.5) is 10.1 Å². The molecular weight excluding hydrogens is 453 g/mol. The summed E-state index contributed by atoms with van der Waals surface area (Å²) in [6.07, 6.45) is 0. The molecule has 0 radical (unpaired) electrons. The molecule has 0 unspecified atom stereocenters. The van der Waals surface area contributed by atoms with Crippen LogP contribution in [0.2, 0.25) is 0 Å². The van der Waals surface area contributed by atoms with Crippen LogP contribution in [0.5, 0.6) is 0 Å². The van der Waals surface area contributed by atoms with Crippen molar-refractivity contribution < 1.29 is 14.0 Å². The molecule has 0 aliphatic rings. The highest BCUT2D eigenvalue weighted by molar-refractivity contribution is 7.99. The number of hydrogen-bond donors (Lipinski definition) is 3. The second-order valence-electron chi connectivity index (χ2n) is 7.43. The molecule has 1 heterocycles. The van der Waals surface area contributed by atoms with Crippen molar-refractivity contribution in [2.75, 3.05) is 11.1 Å². The first-order chi connectivity index (χ1) is 16.5. The number of nitrogens with zero attached hydrogens (tertiary/aromatic N) is 2. The second kappa shape index (κ2) is 10.8. The van der Waals surface area contributed by atoms with Crippen LogP contribution >= 0.6 is 11.8 Å². The van der Waals surface area contributed by atoms with Gasteiger partial charge in [0.25, 0.3) is 5.91 Å². The van der Waals surface area contributed by atoms with Crippen molar-refractivity contribution in [3.8, 4) is 11.4 Å². The number of nitrogens with one attached hydrogen (secondary N) is 3. The lowest BCUT2D eigenvalue weighted by molar-refractivity contribution is -0.113. The third-order valence-corrected chi connectivity index (χ3v) is 5.87. The summed E-state index contributed by atoms with van der Waals surface area (Å²) in [6.45, 7) is 1.90. The first kappa shape index (κ1) is 23.2. The fourth-order valence-corrected chi connectivity index (χ4v) is 3.89. The number of rotatable bonds is 8. The normalized spacial score (nSPS) is 11.6. The monoisotopic (exact) mass is 475 g/mol. The lowest BCUT2D eigenvalue weighted by Crippen LogP contribution is -2.28. The number of para-hydroxylation sites is 1. The van der Waals surface area contributed by atoms with Crippen molar-refractivity contribution in [3.63, 3.8) is 0 Å². The molecule has 1 atom stereocenters. The van der Waals surface area contributed by atoms with E-state index in [0.717, 1.165) is 17.3 Å². The molecule has 4 rings (SSSR count). The minimum absolute atomic E-state index is 0.0188. The van der Waals surface area contributed by atoms with Gasteiger partial charge in [0.15, 0.2) is 5.82 Å². The van der Waals surface area contributed by atoms with E-state index in [2.05, 4.69) is 25.8 Å². The summed E-state index contributed by atoms with van der Waals surface area (Å²) in [4.78, 5) is 29.6. The molecule has 0 aliphatic carbocycles. The standard InChI is InChI=1S/C25H22FN5O2S/c1-16(17-9-3-2-4-10-17)27-24(33)19-12-6-8-14-21(19)28-22(32)15-34-25-29-23(30-31-25)18-11-5-7-13-20(18)26/h2-14,16H,15H2,1H3,(H,27,33)(H,28,32)(H,29,30,31)/t16-/m0/s1. The van der Waals surface area contributed by atoms with Crippen molar-refractivity contribution in [1.29, 1.82) is 0 Å². The summed E-state index contributed by atoms with van der Waals surface area (Å²) in [6, 6.07) is 22.5. The third-order valence-electron chi connectivity index (χ3n) is 5.02. The zero-order valence-electron chi connectivity index (χ0n) is 18.3. The number of carbonyl (C=O) groups is 2. The number of aromatic nitrogens is 3. The number of aromatic amines is 1. The topological polar surface area (TPSA) is 99.8 Å². The molecule has 3 aromatic carbocycles. The number of benzene rings is 3. The molecule has 4 aromatic rings. The summed E-state index contributed by atoms with van der Waals surface area (Å²) >= 11 is 1.10. The molecular formula is C25H22FN5O2S. The molecule has 0 bridgehead atoms. The molecule has 0 fully saturated rings. The Balaban J connectivity index is 1.37.